The molecule has 5 N–H and O–H groups in total. The Morgan fingerprint density at radius 3 is 2.88 bits per heavy atom. The monoisotopic (exact) mass is 243 g/mol. The van der Waals surface area contributed by atoms with Gasteiger partial charge in [0.2, 0.25) is 0 Å². The molecule has 1 fully saturated rings. The maximum Gasteiger partial charge on any atom is 0.330 e. The fourth-order valence-electron chi connectivity index (χ4n) is 1.77. The molecule has 0 spiro atoms. The number of rotatable bonds is 2. The lowest BCUT2D eigenvalue weighted by molar-refractivity contribution is -0.0458. The number of nitrogen functional groups attached to an aromatic ring is 1. The molecule has 0 radical (unpaired) electrons. The number of aromatic amines is 1. The summed E-state index contributed by atoms with van der Waals surface area (Å²) >= 11 is 0. The van der Waals surface area contributed by atoms with Crippen molar-refractivity contribution in [3.8, 4) is 0 Å². The number of H-pyrrole nitrogens is 1. The lowest BCUT2D eigenvalue weighted by atomic mass is 10.2. The van der Waals surface area contributed by atoms with E-state index >= 15 is 0 Å². The van der Waals surface area contributed by atoms with Crippen molar-refractivity contribution in [3.63, 3.8) is 0 Å². The Kier molecular flexibility index (Phi) is 3.01. The van der Waals surface area contributed by atoms with Crippen LogP contribution in [0.15, 0.2) is 15.8 Å². The second-order valence-electron chi connectivity index (χ2n) is 3.87. The topological polar surface area (TPSA) is 131 Å². The SMILES string of the molecule is Nc1cn([C@@H]2C[C@@H](O)[C@H](CO)O2)c(=O)[nH]c1=O. The summed E-state index contributed by atoms with van der Waals surface area (Å²) < 4.78 is 6.36. The van der Waals surface area contributed by atoms with Crippen LogP contribution in [0.2, 0.25) is 0 Å². The van der Waals surface area contributed by atoms with Gasteiger partial charge in [0, 0.05) is 12.6 Å². The Balaban J connectivity index is 2.34. The normalized spacial score (nSPS) is 28.5. The van der Waals surface area contributed by atoms with E-state index in [-0.39, 0.29) is 18.7 Å². The Bertz CT molecular complexity index is 522. The summed E-state index contributed by atoms with van der Waals surface area (Å²) in [6.45, 7) is -0.342. The molecule has 0 bridgehead atoms. The van der Waals surface area contributed by atoms with Crippen molar-refractivity contribution in [2.45, 2.75) is 24.9 Å². The first-order valence-corrected chi connectivity index (χ1v) is 5.08. The van der Waals surface area contributed by atoms with Crippen LogP contribution in [0, 0.1) is 0 Å². The zero-order chi connectivity index (χ0) is 12.6. The number of aliphatic hydroxyl groups excluding tert-OH is 2. The molecular formula is C9H13N3O5. The van der Waals surface area contributed by atoms with Crippen LogP contribution in [-0.2, 0) is 4.74 Å². The van der Waals surface area contributed by atoms with E-state index < -0.39 is 29.7 Å². The van der Waals surface area contributed by atoms with Gasteiger partial charge in [0.05, 0.1) is 12.7 Å². The van der Waals surface area contributed by atoms with Crippen LogP contribution in [-0.4, -0.2) is 38.6 Å². The lowest BCUT2D eigenvalue weighted by Crippen LogP contribution is -2.33. The van der Waals surface area contributed by atoms with Gasteiger partial charge in [-0.05, 0) is 0 Å². The van der Waals surface area contributed by atoms with Crippen molar-refractivity contribution < 1.29 is 14.9 Å². The highest BCUT2D eigenvalue weighted by atomic mass is 16.5. The molecule has 8 nitrogen and oxygen atoms in total. The lowest BCUT2D eigenvalue weighted by Gasteiger charge is -2.14. The number of hydrogen-bond acceptors (Lipinski definition) is 6. The third kappa shape index (κ3) is 2.09. The van der Waals surface area contributed by atoms with Crippen molar-refractivity contribution in [1.29, 1.82) is 0 Å². The average molecular weight is 243 g/mol. The van der Waals surface area contributed by atoms with Gasteiger partial charge in [0.25, 0.3) is 5.56 Å². The maximum absolute atomic E-state index is 11.5. The van der Waals surface area contributed by atoms with E-state index in [1.807, 2.05) is 4.98 Å². The van der Waals surface area contributed by atoms with Gasteiger partial charge in [-0.25, -0.2) is 4.79 Å². The first kappa shape index (κ1) is 11.8. The van der Waals surface area contributed by atoms with Crippen molar-refractivity contribution in [2.75, 3.05) is 12.3 Å². The average Bonchev–Trinajstić information content (AvgIpc) is 2.65. The molecule has 3 atom stereocenters. The minimum atomic E-state index is -0.856. The number of aliphatic hydroxyl groups is 2. The molecule has 17 heavy (non-hydrogen) atoms. The molecule has 0 saturated carbocycles. The summed E-state index contributed by atoms with van der Waals surface area (Å²) in [5.74, 6) is 0. The predicted molar refractivity (Wildman–Crippen MR) is 57.4 cm³/mol. The summed E-state index contributed by atoms with van der Waals surface area (Å²) in [7, 11) is 0. The predicted octanol–water partition coefficient (Wildman–Crippen LogP) is -2.24. The highest BCUT2D eigenvalue weighted by Gasteiger charge is 2.34. The molecule has 1 aliphatic heterocycles. The third-order valence-corrected chi connectivity index (χ3v) is 2.69. The van der Waals surface area contributed by atoms with Gasteiger partial charge < -0.3 is 20.7 Å². The molecule has 2 rings (SSSR count). The van der Waals surface area contributed by atoms with Crippen LogP contribution in [0.25, 0.3) is 0 Å². The molecule has 1 aromatic rings. The molecule has 0 aliphatic carbocycles. The van der Waals surface area contributed by atoms with Crippen LogP contribution >= 0.6 is 0 Å². The van der Waals surface area contributed by atoms with Crippen LogP contribution in [0.3, 0.4) is 0 Å². The van der Waals surface area contributed by atoms with Crippen LogP contribution in [0.1, 0.15) is 12.6 Å². The van der Waals surface area contributed by atoms with E-state index in [4.69, 9.17) is 15.6 Å². The van der Waals surface area contributed by atoms with Crippen LogP contribution < -0.4 is 17.0 Å². The summed E-state index contributed by atoms with van der Waals surface area (Å²) in [4.78, 5) is 24.6. The molecule has 8 heteroatoms. The van der Waals surface area contributed by atoms with E-state index in [1.54, 1.807) is 0 Å². The number of aromatic nitrogens is 2. The maximum atomic E-state index is 11.5. The number of nitrogens with one attached hydrogen (secondary N) is 1. The zero-order valence-corrected chi connectivity index (χ0v) is 8.87. The van der Waals surface area contributed by atoms with Crippen LogP contribution in [0.4, 0.5) is 5.69 Å². The summed E-state index contributed by atoms with van der Waals surface area (Å²) in [5.41, 5.74) is 3.94. The molecular weight excluding hydrogens is 230 g/mol. The van der Waals surface area contributed by atoms with Crippen molar-refractivity contribution in [2.24, 2.45) is 0 Å². The van der Waals surface area contributed by atoms with Gasteiger partial charge in [-0.15, -0.1) is 0 Å². The quantitative estimate of drug-likeness (QED) is 0.464. The number of nitrogens with two attached hydrogens (primary N) is 1. The van der Waals surface area contributed by atoms with Gasteiger partial charge in [-0.1, -0.05) is 0 Å². The van der Waals surface area contributed by atoms with Gasteiger partial charge in [-0.2, -0.15) is 0 Å². The van der Waals surface area contributed by atoms with Crippen LogP contribution in [0.5, 0.6) is 0 Å². The fourth-order valence-corrected chi connectivity index (χ4v) is 1.77. The highest BCUT2D eigenvalue weighted by Crippen LogP contribution is 2.27. The van der Waals surface area contributed by atoms with Crippen molar-refractivity contribution in [3.05, 3.63) is 27.0 Å². The number of hydrogen-bond donors (Lipinski definition) is 4. The molecule has 1 aromatic heterocycles. The zero-order valence-electron chi connectivity index (χ0n) is 8.87. The molecule has 0 amide bonds. The molecule has 0 unspecified atom stereocenters. The molecule has 94 valence electrons. The highest BCUT2D eigenvalue weighted by molar-refractivity contribution is 5.30. The summed E-state index contributed by atoms with van der Waals surface area (Å²) in [6, 6.07) is 0. The summed E-state index contributed by atoms with van der Waals surface area (Å²) in [6.07, 6.45) is -1.02. The number of anilines is 1. The standard InChI is InChI=1S/C9H13N3O5/c10-4-2-12(9(16)11-8(4)15)7-1-5(14)6(3-13)17-7/h2,5-7,13-14H,1,3,10H2,(H,11,15,16)/t5-,6+,7+/m1/s1. The van der Waals surface area contributed by atoms with Gasteiger partial charge in [-0.3, -0.25) is 14.3 Å². The van der Waals surface area contributed by atoms with Crippen molar-refractivity contribution in [1.82, 2.24) is 9.55 Å². The first-order valence-electron chi connectivity index (χ1n) is 5.08. The van der Waals surface area contributed by atoms with E-state index in [1.165, 1.54) is 0 Å². The molecule has 2 heterocycles. The van der Waals surface area contributed by atoms with Crippen molar-refractivity contribution >= 4 is 5.69 Å². The van der Waals surface area contributed by atoms with Gasteiger partial charge in [0.1, 0.15) is 18.0 Å². The Morgan fingerprint density at radius 2 is 2.29 bits per heavy atom. The fraction of sp³-hybridized carbons (Fsp3) is 0.556. The smallest absolute Gasteiger partial charge is 0.330 e. The Hall–Kier alpha value is -1.64. The van der Waals surface area contributed by atoms with E-state index in [0.29, 0.717) is 0 Å². The summed E-state index contributed by atoms with van der Waals surface area (Å²) in [5, 5.41) is 18.4. The van der Waals surface area contributed by atoms with E-state index in [0.717, 1.165) is 10.8 Å². The first-order chi connectivity index (χ1) is 8.02. The largest absolute Gasteiger partial charge is 0.394 e. The van der Waals surface area contributed by atoms with E-state index in [9.17, 15) is 14.7 Å². The molecule has 1 aliphatic rings. The Morgan fingerprint density at radius 1 is 1.59 bits per heavy atom. The number of nitrogens with zero attached hydrogens (tertiary/aromatic N) is 1. The minimum absolute atomic E-state index is 0.116. The van der Waals surface area contributed by atoms with Gasteiger partial charge >= 0.3 is 5.69 Å². The second-order valence-corrected chi connectivity index (χ2v) is 3.87. The second kappa shape index (κ2) is 4.32. The molecule has 0 aromatic carbocycles. The third-order valence-electron chi connectivity index (χ3n) is 2.69. The number of ether oxygens (including phenoxy) is 1. The van der Waals surface area contributed by atoms with E-state index in [2.05, 4.69) is 0 Å². The van der Waals surface area contributed by atoms with Gasteiger partial charge in [0.15, 0.2) is 0 Å². The molecule has 1 saturated heterocycles. The Labute approximate surface area is 95.3 Å². The minimum Gasteiger partial charge on any atom is -0.394 e.